The SMILES string of the molecule is CC(=O)O[C@H]1C(=O)[C@]23C[C@H]2C[C@H]2OC[C@@]2(OC(C)=O)[C@H]3[C@H](OC(=O)c2cccc(C#N)c2)[C@]2(O)C[C@H](OC(=O)[C@H](O)[C@@H](NC(=O)OC(C)(C)C)c3ccccc3)C(C)=C1C2(C)C. The zero-order valence-corrected chi connectivity index (χ0v) is 35.9. The van der Waals surface area contributed by atoms with Crippen molar-refractivity contribution in [2.75, 3.05) is 6.61 Å². The van der Waals surface area contributed by atoms with Crippen LogP contribution in [0.3, 0.4) is 0 Å². The van der Waals surface area contributed by atoms with Crippen LogP contribution in [0.4, 0.5) is 4.79 Å². The fourth-order valence-corrected chi connectivity index (χ4v) is 10.6. The summed E-state index contributed by atoms with van der Waals surface area (Å²) in [5, 5.41) is 37.6. The van der Waals surface area contributed by atoms with Crippen LogP contribution >= 0.6 is 0 Å². The first-order chi connectivity index (χ1) is 29.0. The second-order valence-electron chi connectivity index (χ2n) is 18.6. The quantitative estimate of drug-likeness (QED) is 0.181. The van der Waals surface area contributed by atoms with Gasteiger partial charge in [-0.05, 0) is 81.4 Å². The first-order valence-electron chi connectivity index (χ1n) is 20.6. The van der Waals surface area contributed by atoms with Crippen LogP contribution in [-0.4, -0.2) is 99.9 Å². The topological polar surface area (TPSA) is 234 Å². The maximum absolute atomic E-state index is 15.5. The zero-order valence-electron chi connectivity index (χ0n) is 35.9. The van der Waals surface area contributed by atoms with Crippen molar-refractivity contribution in [3.63, 3.8) is 0 Å². The number of amides is 1. The Morgan fingerprint density at radius 2 is 1.66 bits per heavy atom. The number of rotatable bonds is 9. The number of esters is 4. The van der Waals surface area contributed by atoms with Crippen LogP contribution < -0.4 is 5.32 Å². The van der Waals surface area contributed by atoms with E-state index in [-0.39, 0.29) is 41.7 Å². The fraction of sp³-hybridized carbons (Fsp3) is 0.543. The van der Waals surface area contributed by atoms with E-state index in [0.717, 1.165) is 6.92 Å². The van der Waals surface area contributed by atoms with E-state index < -0.39 is 118 Å². The highest BCUT2D eigenvalue weighted by atomic mass is 16.6. The molecule has 3 N–H and O–H groups in total. The lowest BCUT2D eigenvalue weighted by Gasteiger charge is -2.64. The highest BCUT2D eigenvalue weighted by Crippen LogP contribution is 2.74. The second kappa shape index (κ2) is 15.6. The molecule has 62 heavy (non-hydrogen) atoms. The maximum atomic E-state index is 15.5. The number of alkyl carbamates (subject to hydrolysis) is 1. The summed E-state index contributed by atoms with van der Waals surface area (Å²) in [5.41, 5.74) is -7.19. The molecule has 7 rings (SSSR count). The van der Waals surface area contributed by atoms with Crippen LogP contribution in [0.25, 0.3) is 0 Å². The predicted molar refractivity (Wildman–Crippen MR) is 214 cm³/mol. The third-order valence-electron chi connectivity index (χ3n) is 13.4. The Morgan fingerprint density at radius 3 is 2.26 bits per heavy atom. The van der Waals surface area contributed by atoms with Crippen molar-refractivity contribution in [2.24, 2.45) is 22.7 Å². The first kappa shape index (κ1) is 44.4. The van der Waals surface area contributed by atoms with Crippen LogP contribution in [0.15, 0.2) is 65.7 Å². The molecule has 0 unspecified atom stereocenters. The van der Waals surface area contributed by atoms with Gasteiger partial charge in [0.2, 0.25) is 0 Å². The number of Topliss-reactive ketones (excluding diaryl/α,β-unsaturated/α-hetero) is 1. The van der Waals surface area contributed by atoms with E-state index in [4.69, 9.17) is 28.4 Å². The molecule has 5 aliphatic rings. The molecule has 1 amide bonds. The molecule has 2 aromatic carbocycles. The van der Waals surface area contributed by atoms with Crippen molar-refractivity contribution in [1.29, 1.82) is 5.26 Å². The molecule has 1 saturated heterocycles. The molecule has 1 heterocycles. The van der Waals surface area contributed by atoms with Gasteiger partial charge in [0.1, 0.15) is 29.5 Å². The zero-order chi connectivity index (χ0) is 45.3. The van der Waals surface area contributed by atoms with Gasteiger partial charge in [-0.1, -0.05) is 50.2 Å². The third-order valence-corrected chi connectivity index (χ3v) is 13.4. The van der Waals surface area contributed by atoms with E-state index in [9.17, 15) is 39.4 Å². The number of ketones is 1. The number of carbonyl (C=O) groups is 6. The number of nitriles is 1. The van der Waals surface area contributed by atoms with Crippen molar-refractivity contribution in [3.05, 3.63) is 82.4 Å². The molecule has 16 nitrogen and oxygen atoms in total. The Kier molecular flexibility index (Phi) is 11.2. The number of fused-ring (bicyclic) bond motifs is 4. The number of benzene rings is 2. The molecule has 1 aliphatic heterocycles. The summed E-state index contributed by atoms with van der Waals surface area (Å²) in [7, 11) is 0. The minimum Gasteiger partial charge on any atom is -0.456 e. The van der Waals surface area contributed by atoms with Crippen molar-refractivity contribution < 1.29 is 67.4 Å². The number of ether oxygens (including phenoxy) is 6. The monoisotopic (exact) mass is 856 g/mol. The summed E-state index contributed by atoms with van der Waals surface area (Å²) in [6.07, 6.45) is -8.58. The van der Waals surface area contributed by atoms with Crippen LogP contribution in [-0.2, 0) is 47.6 Å². The Balaban J connectivity index is 1.38. The van der Waals surface area contributed by atoms with Crippen molar-refractivity contribution in [3.8, 4) is 6.07 Å². The van der Waals surface area contributed by atoms with Gasteiger partial charge in [0, 0.05) is 31.1 Å². The van der Waals surface area contributed by atoms with Gasteiger partial charge < -0.3 is 44.0 Å². The number of aliphatic hydroxyl groups excluding tert-OH is 1. The molecule has 1 spiro atoms. The Hall–Kier alpha value is -5.63. The highest BCUT2D eigenvalue weighted by Gasteiger charge is 2.84. The molecule has 330 valence electrons. The number of aliphatic hydroxyl groups is 2. The number of nitrogens with one attached hydrogen (secondary N) is 1. The van der Waals surface area contributed by atoms with Crippen LogP contribution in [0.1, 0.15) is 102 Å². The third kappa shape index (κ3) is 7.33. The second-order valence-corrected chi connectivity index (χ2v) is 18.6. The summed E-state index contributed by atoms with van der Waals surface area (Å²) >= 11 is 0. The molecule has 16 heteroatoms. The van der Waals surface area contributed by atoms with E-state index in [0.29, 0.717) is 5.56 Å². The van der Waals surface area contributed by atoms with Crippen molar-refractivity contribution in [1.82, 2.24) is 5.32 Å². The predicted octanol–water partition coefficient (Wildman–Crippen LogP) is 4.34. The average Bonchev–Trinajstić information content (AvgIpc) is 3.92. The molecule has 4 fully saturated rings. The van der Waals surface area contributed by atoms with Gasteiger partial charge >= 0.3 is 30.0 Å². The lowest BCUT2D eigenvalue weighted by Crippen LogP contribution is -2.78. The van der Waals surface area contributed by atoms with Crippen LogP contribution in [0.2, 0.25) is 0 Å². The molecule has 2 bridgehead atoms. The molecule has 3 saturated carbocycles. The molecule has 0 aromatic heterocycles. The summed E-state index contributed by atoms with van der Waals surface area (Å²) in [6.45, 7) is 11.8. The maximum Gasteiger partial charge on any atom is 0.408 e. The number of hydrogen-bond acceptors (Lipinski definition) is 15. The number of hydrogen-bond donors (Lipinski definition) is 3. The van der Waals surface area contributed by atoms with Gasteiger partial charge in [-0.25, -0.2) is 14.4 Å². The highest BCUT2D eigenvalue weighted by molar-refractivity contribution is 5.97. The molecule has 2 aromatic rings. The number of carbonyl (C=O) groups excluding carboxylic acids is 6. The Bertz CT molecular complexity index is 2280. The lowest BCUT2D eigenvalue weighted by atomic mass is 9.48. The van der Waals surface area contributed by atoms with Gasteiger partial charge in [0.15, 0.2) is 23.6 Å². The van der Waals surface area contributed by atoms with Gasteiger partial charge in [-0.2, -0.15) is 5.26 Å². The van der Waals surface area contributed by atoms with E-state index in [1.165, 1.54) is 31.2 Å². The normalized spacial score (nSPS) is 32.5. The first-order valence-corrected chi connectivity index (χ1v) is 20.6. The van der Waals surface area contributed by atoms with E-state index in [1.807, 2.05) is 6.07 Å². The standard InChI is InChI=1S/C46H52N2O14/c1-23-30(59-40(54)34(51)33(27-14-10-9-11-15-27)48-41(55)62-42(4,5)6)20-46(56)38(60-39(53)28-16-12-13-26(17-28)21-47)36-44(37(52)35(58-24(2)49)32(23)43(46,7)8)19-29(44)18-31-45(36,22-57-31)61-25(3)50/h9-17,29-31,33-36,38,51,56H,18-20,22H2,1-8H3,(H,48,55)/t29-,30+,31-,33+,34-,35-,36+,38+,44-,45+,46-/m1/s1. The lowest BCUT2D eigenvalue weighted by molar-refractivity contribution is -0.323. The van der Waals surface area contributed by atoms with Gasteiger partial charge in [-0.15, -0.1) is 0 Å². The van der Waals surface area contributed by atoms with Gasteiger partial charge in [0.25, 0.3) is 0 Å². The van der Waals surface area contributed by atoms with E-state index in [1.54, 1.807) is 71.9 Å². The van der Waals surface area contributed by atoms with E-state index in [2.05, 4.69) is 5.32 Å². The molecular weight excluding hydrogens is 805 g/mol. The summed E-state index contributed by atoms with van der Waals surface area (Å²) < 4.78 is 36.0. The Labute approximate surface area is 358 Å². The summed E-state index contributed by atoms with van der Waals surface area (Å²) in [5.74, 6) is -6.02. The summed E-state index contributed by atoms with van der Waals surface area (Å²) in [6, 6.07) is 14.5. The van der Waals surface area contributed by atoms with Crippen LogP contribution in [0, 0.1) is 34.0 Å². The minimum absolute atomic E-state index is 0.0462. The molecular formula is C46H52N2O14. The Morgan fingerprint density at radius 1 is 0.968 bits per heavy atom. The molecule has 4 aliphatic carbocycles. The van der Waals surface area contributed by atoms with Gasteiger partial charge in [-0.3, -0.25) is 14.4 Å². The van der Waals surface area contributed by atoms with Gasteiger partial charge in [0.05, 0.1) is 35.8 Å². The van der Waals surface area contributed by atoms with E-state index >= 15 is 4.79 Å². The van der Waals surface area contributed by atoms with Crippen molar-refractivity contribution >= 4 is 35.8 Å². The minimum atomic E-state index is -2.32. The molecule has 11 atom stereocenters. The largest absolute Gasteiger partial charge is 0.456 e. The fourth-order valence-electron chi connectivity index (χ4n) is 10.6. The number of nitrogens with zero attached hydrogens (tertiary/aromatic N) is 1. The summed E-state index contributed by atoms with van der Waals surface area (Å²) in [4.78, 5) is 83.2. The van der Waals surface area contributed by atoms with Crippen LogP contribution in [0.5, 0.6) is 0 Å². The molecule has 0 radical (unpaired) electrons. The van der Waals surface area contributed by atoms with Crippen molar-refractivity contribution in [2.45, 2.75) is 128 Å². The average molecular weight is 857 g/mol. The smallest absolute Gasteiger partial charge is 0.408 e.